The average molecular weight is 387 g/mol. The van der Waals surface area contributed by atoms with Gasteiger partial charge in [0.2, 0.25) is 11.2 Å². The van der Waals surface area contributed by atoms with E-state index in [9.17, 15) is 9.59 Å². The summed E-state index contributed by atoms with van der Waals surface area (Å²) in [5.41, 5.74) is 1.44. The number of carbonyl (C=O) groups is 1. The van der Waals surface area contributed by atoms with E-state index in [0.717, 1.165) is 5.56 Å². The van der Waals surface area contributed by atoms with Crippen LogP contribution in [-0.4, -0.2) is 19.0 Å². The van der Waals surface area contributed by atoms with Crippen molar-refractivity contribution in [1.29, 1.82) is 0 Å². The Hall–Kier alpha value is -2.79. The van der Waals surface area contributed by atoms with Crippen LogP contribution >= 0.6 is 11.6 Å². The fraction of sp³-hybridized carbons (Fsp3) is 0.238. The maximum absolute atomic E-state index is 13.1. The lowest BCUT2D eigenvalue weighted by Gasteiger charge is -2.15. The van der Waals surface area contributed by atoms with Gasteiger partial charge < -0.3 is 13.9 Å². The van der Waals surface area contributed by atoms with Gasteiger partial charge in [-0.1, -0.05) is 11.6 Å². The highest BCUT2D eigenvalue weighted by molar-refractivity contribution is 6.32. The van der Waals surface area contributed by atoms with Crippen LogP contribution in [0, 0.1) is 6.92 Å². The molecule has 0 radical (unpaired) electrons. The summed E-state index contributed by atoms with van der Waals surface area (Å²) in [6.07, 6.45) is -0.789. The van der Waals surface area contributed by atoms with E-state index in [1.807, 2.05) is 6.92 Å². The number of hydrogen-bond acceptors (Lipinski definition) is 5. The molecule has 3 rings (SSSR count). The molecule has 6 heteroatoms. The molecule has 0 aliphatic rings. The quantitative estimate of drug-likeness (QED) is 0.631. The Bertz CT molecular complexity index is 1070. The van der Waals surface area contributed by atoms with Crippen molar-refractivity contribution in [1.82, 2.24) is 0 Å². The molecule has 0 unspecified atom stereocenters. The summed E-state index contributed by atoms with van der Waals surface area (Å²) < 4.78 is 16.9. The summed E-state index contributed by atoms with van der Waals surface area (Å²) in [5, 5.41) is 0.756. The lowest BCUT2D eigenvalue weighted by molar-refractivity contribution is -0.122. The van der Waals surface area contributed by atoms with E-state index in [1.165, 1.54) is 6.92 Å². The van der Waals surface area contributed by atoms with Crippen LogP contribution < -0.4 is 14.9 Å². The second-order valence-electron chi connectivity index (χ2n) is 6.29. The molecule has 5 nitrogen and oxygen atoms in total. The molecule has 1 heterocycles. The van der Waals surface area contributed by atoms with Gasteiger partial charge in [0.05, 0.1) is 12.5 Å². The van der Waals surface area contributed by atoms with Crippen LogP contribution in [-0.2, 0) is 4.79 Å². The topological polar surface area (TPSA) is 65.7 Å². The normalized spacial score (nSPS) is 12.0. The summed E-state index contributed by atoms with van der Waals surface area (Å²) in [5.74, 6) is 0.710. The number of benzene rings is 2. The van der Waals surface area contributed by atoms with Crippen molar-refractivity contribution >= 4 is 28.4 Å². The van der Waals surface area contributed by atoms with E-state index in [1.54, 1.807) is 50.4 Å². The molecule has 2 aromatic carbocycles. The Balaban J connectivity index is 2.29. The first kappa shape index (κ1) is 19.0. The molecule has 0 bridgehead atoms. The van der Waals surface area contributed by atoms with Gasteiger partial charge in [-0.2, -0.15) is 0 Å². The Morgan fingerprint density at radius 1 is 1.19 bits per heavy atom. The Morgan fingerprint density at radius 2 is 1.85 bits per heavy atom. The van der Waals surface area contributed by atoms with Gasteiger partial charge in [0, 0.05) is 10.6 Å². The van der Waals surface area contributed by atoms with Crippen LogP contribution in [0.2, 0.25) is 5.02 Å². The number of fused-ring (bicyclic) bond motifs is 1. The second-order valence-corrected chi connectivity index (χ2v) is 6.69. The predicted octanol–water partition coefficient (Wildman–Crippen LogP) is 4.79. The van der Waals surface area contributed by atoms with E-state index in [0.29, 0.717) is 27.3 Å². The average Bonchev–Trinajstić information content (AvgIpc) is 2.65. The fourth-order valence-corrected chi connectivity index (χ4v) is 2.76. The van der Waals surface area contributed by atoms with Gasteiger partial charge >= 0.3 is 0 Å². The Labute approximate surface area is 161 Å². The van der Waals surface area contributed by atoms with Crippen molar-refractivity contribution in [2.24, 2.45) is 0 Å². The number of carbonyl (C=O) groups excluding carboxylic acids is 1. The molecular weight excluding hydrogens is 368 g/mol. The molecule has 0 spiro atoms. The smallest absolute Gasteiger partial charge is 0.235 e. The highest BCUT2D eigenvalue weighted by atomic mass is 35.5. The van der Waals surface area contributed by atoms with Crippen LogP contribution in [0.25, 0.3) is 22.3 Å². The first-order valence-corrected chi connectivity index (χ1v) is 8.78. The molecule has 1 aromatic heterocycles. The number of methoxy groups -OCH3 is 1. The Morgan fingerprint density at radius 3 is 2.44 bits per heavy atom. The predicted molar refractivity (Wildman–Crippen MR) is 105 cm³/mol. The van der Waals surface area contributed by atoms with E-state index < -0.39 is 6.10 Å². The minimum Gasteiger partial charge on any atom is -0.497 e. The SMILES string of the molecule is COc1ccc(-c2oc3cc(C)c(Cl)cc3c(=O)c2O[C@@H](C)C(C)=O)cc1. The van der Waals surface area contributed by atoms with Crippen molar-refractivity contribution in [2.75, 3.05) is 7.11 Å². The molecule has 3 aromatic rings. The third kappa shape index (κ3) is 3.69. The fourth-order valence-electron chi connectivity index (χ4n) is 2.60. The second kappa shape index (κ2) is 7.45. The number of ketones is 1. The van der Waals surface area contributed by atoms with Crippen LogP contribution in [0.4, 0.5) is 0 Å². The van der Waals surface area contributed by atoms with Gasteiger partial charge in [0.1, 0.15) is 11.3 Å². The molecule has 27 heavy (non-hydrogen) atoms. The molecule has 0 fully saturated rings. The lowest BCUT2D eigenvalue weighted by Crippen LogP contribution is -2.24. The van der Waals surface area contributed by atoms with Gasteiger partial charge in [0.25, 0.3) is 0 Å². The molecular formula is C21H19ClO5. The van der Waals surface area contributed by atoms with Crippen molar-refractivity contribution in [3.8, 4) is 22.8 Å². The third-order valence-corrected chi connectivity index (χ3v) is 4.76. The summed E-state index contributed by atoms with van der Waals surface area (Å²) in [4.78, 5) is 24.7. The highest BCUT2D eigenvalue weighted by Crippen LogP contribution is 2.34. The number of halogens is 1. The molecule has 0 saturated heterocycles. The van der Waals surface area contributed by atoms with Gasteiger partial charge in [-0.05, 0) is 62.7 Å². The molecule has 0 saturated carbocycles. The van der Waals surface area contributed by atoms with Crippen molar-refractivity contribution < 1.29 is 18.7 Å². The molecule has 0 aliphatic carbocycles. The standard InChI is InChI=1S/C21H19ClO5/c1-11-9-18-16(10-17(11)22)19(24)21(26-13(3)12(2)23)20(27-18)14-5-7-15(25-4)8-6-14/h5-10,13H,1-4H3/t13-/m0/s1. The van der Waals surface area contributed by atoms with E-state index >= 15 is 0 Å². The number of rotatable bonds is 5. The molecule has 140 valence electrons. The van der Waals surface area contributed by atoms with Gasteiger partial charge in [0.15, 0.2) is 17.6 Å². The molecule has 0 N–H and O–H groups in total. The summed E-state index contributed by atoms with van der Waals surface area (Å²) in [6, 6.07) is 10.3. The number of hydrogen-bond donors (Lipinski definition) is 0. The largest absolute Gasteiger partial charge is 0.497 e. The molecule has 0 amide bonds. The van der Waals surface area contributed by atoms with Gasteiger partial charge in [-0.15, -0.1) is 0 Å². The minimum atomic E-state index is -0.789. The molecule has 1 atom stereocenters. The van der Waals surface area contributed by atoms with Crippen LogP contribution in [0.5, 0.6) is 11.5 Å². The van der Waals surface area contributed by atoms with Crippen LogP contribution in [0.15, 0.2) is 45.6 Å². The third-order valence-electron chi connectivity index (χ3n) is 4.35. The number of ether oxygens (including phenoxy) is 2. The maximum atomic E-state index is 13.1. The van der Waals surface area contributed by atoms with Crippen molar-refractivity contribution in [3.63, 3.8) is 0 Å². The molecule has 0 aliphatic heterocycles. The van der Waals surface area contributed by atoms with Gasteiger partial charge in [-0.25, -0.2) is 0 Å². The van der Waals surface area contributed by atoms with E-state index in [4.69, 9.17) is 25.5 Å². The van der Waals surface area contributed by atoms with Gasteiger partial charge in [-0.3, -0.25) is 9.59 Å². The first-order valence-electron chi connectivity index (χ1n) is 8.40. The first-order chi connectivity index (χ1) is 12.8. The zero-order chi connectivity index (χ0) is 19.7. The summed E-state index contributed by atoms with van der Waals surface area (Å²) in [6.45, 7) is 4.82. The zero-order valence-electron chi connectivity index (χ0n) is 15.5. The summed E-state index contributed by atoms with van der Waals surface area (Å²) in [7, 11) is 1.57. The van der Waals surface area contributed by atoms with E-state index in [-0.39, 0.29) is 22.7 Å². The van der Waals surface area contributed by atoms with E-state index in [2.05, 4.69) is 0 Å². The summed E-state index contributed by atoms with van der Waals surface area (Å²) >= 11 is 6.17. The number of aryl methyl sites for hydroxylation is 1. The minimum absolute atomic E-state index is 0.0183. The monoisotopic (exact) mass is 386 g/mol. The highest BCUT2D eigenvalue weighted by Gasteiger charge is 2.22. The maximum Gasteiger partial charge on any atom is 0.235 e. The number of Topliss-reactive ketones (excluding diaryl/α,β-unsaturated/α-hetero) is 1. The lowest BCUT2D eigenvalue weighted by atomic mass is 10.1. The van der Waals surface area contributed by atoms with Crippen molar-refractivity contribution in [3.05, 3.63) is 57.2 Å². The Kier molecular flexibility index (Phi) is 5.24. The zero-order valence-corrected chi connectivity index (χ0v) is 16.2. The van der Waals surface area contributed by atoms with Crippen molar-refractivity contribution in [2.45, 2.75) is 26.9 Å². The van der Waals surface area contributed by atoms with Crippen LogP contribution in [0.3, 0.4) is 0 Å². The van der Waals surface area contributed by atoms with Crippen LogP contribution in [0.1, 0.15) is 19.4 Å².